The summed E-state index contributed by atoms with van der Waals surface area (Å²) in [5, 5.41) is 1.13. The third-order valence-corrected chi connectivity index (χ3v) is 4.35. The second kappa shape index (κ2) is 5.81. The normalized spacial score (nSPS) is 10.9. The molecule has 0 atom stereocenters. The Bertz CT molecular complexity index is 1030. The highest BCUT2D eigenvalue weighted by Gasteiger charge is 2.20. The first-order valence-corrected chi connectivity index (χ1v) is 7.86. The third-order valence-electron chi connectivity index (χ3n) is 4.35. The summed E-state index contributed by atoms with van der Waals surface area (Å²) in [6.07, 6.45) is 3.08. The van der Waals surface area contributed by atoms with Crippen LogP contribution in [0.2, 0.25) is 0 Å². The van der Waals surface area contributed by atoms with Crippen molar-refractivity contribution in [2.24, 2.45) is 7.05 Å². The fraction of sp³-hybridized carbons (Fsp3) is 0.100. The molecule has 0 bridgehead atoms. The van der Waals surface area contributed by atoms with Crippen LogP contribution >= 0.6 is 0 Å². The number of aromatic nitrogens is 4. The summed E-state index contributed by atoms with van der Waals surface area (Å²) >= 11 is 0. The molecule has 4 rings (SSSR count). The predicted molar refractivity (Wildman–Crippen MR) is 94.1 cm³/mol. The molecule has 4 nitrogen and oxygen atoms in total. The Hall–Kier alpha value is -3.14. The van der Waals surface area contributed by atoms with E-state index in [-0.39, 0.29) is 0 Å². The van der Waals surface area contributed by atoms with Crippen LogP contribution in [0.15, 0.2) is 67.3 Å². The summed E-state index contributed by atoms with van der Waals surface area (Å²) < 4.78 is 2.22. The van der Waals surface area contributed by atoms with Crippen LogP contribution in [0.4, 0.5) is 0 Å². The van der Waals surface area contributed by atoms with Crippen LogP contribution in [0.1, 0.15) is 5.56 Å². The molecule has 2 aromatic heterocycles. The Morgan fingerprint density at radius 1 is 0.833 bits per heavy atom. The Morgan fingerprint density at radius 2 is 1.54 bits per heavy atom. The van der Waals surface area contributed by atoms with Crippen molar-refractivity contribution in [1.82, 2.24) is 15.0 Å². The first-order chi connectivity index (χ1) is 11.8. The quantitative estimate of drug-likeness (QED) is 0.532. The zero-order valence-electron chi connectivity index (χ0n) is 13.6. The van der Waals surface area contributed by atoms with Crippen LogP contribution < -0.4 is 4.57 Å². The Kier molecular flexibility index (Phi) is 3.50. The Morgan fingerprint density at radius 3 is 2.33 bits per heavy atom. The molecule has 4 heteroatoms. The van der Waals surface area contributed by atoms with Gasteiger partial charge in [-0.15, -0.1) is 0 Å². The number of rotatable bonds is 2. The maximum Gasteiger partial charge on any atom is 0.213 e. The lowest BCUT2D eigenvalue weighted by Gasteiger charge is -2.10. The average molecular weight is 313 g/mol. The van der Waals surface area contributed by atoms with Gasteiger partial charge in [-0.25, -0.2) is 15.0 Å². The molecule has 116 valence electrons. The van der Waals surface area contributed by atoms with Crippen LogP contribution in [0, 0.1) is 6.92 Å². The van der Waals surface area contributed by atoms with Gasteiger partial charge in [0.05, 0.1) is 5.39 Å². The molecule has 0 fully saturated rings. The van der Waals surface area contributed by atoms with Gasteiger partial charge in [-0.1, -0.05) is 30.3 Å². The van der Waals surface area contributed by atoms with E-state index in [1.165, 1.54) is 23.8 Å². The monoisotopic (exact) mass is 313 g/mol. The number of pyridine rings is 1. The molecule has 0 aliphatic heterocycles. The van der Waals surface area contributed by atoms with Crippen molar-refractivity contribution in [3.63, 3.8) is 0 Å². The van der Waals surface area contributed by atoms with E-state index in [4.69, 9.17) is 0 Å². The molecule has 0 aliphatic rings. The van der Waals surface area contributed by atoms with Gasteiger partial charge < -0.3 is 0 Å². The molecule has 0 spiro atoms. The molecule has 24 heavy (non-hydrogen) atoms. The summed E-state index contributed by atoms with van der Waals surface area (Å²) in [7, 11) is 2.10. The Balaban J connectivity index is 2.10. The molecule has 2 heterocycles. The van der Waals surface area contributed by atoms with Gasteiger partial charge in [0.1, 0.15) is 19.7 Å². The van der Waals surface area contributed by atoms with Crippen molar-refractivity contribution >= 4 is 10.9 Å². The molecule has 0 amide bonds. The molecule has 0 N–H and O–H groups in total. The van der Waals surface area contributed by atoms with Gasteiger partial charge >= 0.3 is 0 Å². The number of fused-ring (bicyclic) bond motifs is 1. The predicted octanol–water partition coefficient (Wildman–Crippen LogP) is 3.49. The number of aryl methyl sites for hydroxylation is 2. The first-order valence-electron chi connectivity index (χ1n) is 7.86. The van der Waals surface area contributed by atoms with Gasteiger partial charge in [-0.05, 0) is 24.6 Å². The fourth-order valence-electron chi connectivity index (χ4n) is 3.12. The lowest BCUT2D eigenvalue weighted by molar-refractivity contribution is -0.633. The second-order valence-corrected chi connectivity index (χ2v) is 5.80. The van der Waals surface area contributed by atoms with Gasteiger partial charge in [-0.2, -0.15) is 4.57 Å². The summed E-state index contributed by atoms with van der Waals surface area (Å²) in [5.41, 5.74) is 5.76. The van der Waals surface area contributed by atoms with E-state index in [1.807, 2.05) is 6.07 Å². The van der Waals surface area contributed by atoms with Crippen molar-refractivity contribution in [3.8, 4) is 22.6 Å². The number of para-hydroxylation sites is 1. The van der Waals surface area contributed by atoms with E-state index < -0.39 is 0 Å². The van der Waals surface area contributed by atoms with Gasteiger partial charge in [-0.3, -0.25) is 0 Å². The average Bonchev–Trinajstić information content (AvgIpc) is 2.64. The van der Waals surface area contributed by atoms with Gasteiger partial charge in [0.25, 0.3) is 0 Å². The van der Waals surface area contributed by atoms with Crippen LogP contribution in [0.3, 0.4) is 0 Å². The van der Waals surface area contributed by atoms with E-state index in [2.05, 4.69) is 82.0 Å². The summed E-state index contributed by atoms with van der Waals surface area (Å²) in [4.78, 5) is 12.6. The maximum absolute atomic E-state index is 4.35. The molecular weight excluding hydrogens is 296 g/mol. The molecule has 4 aromatic rings. The molecule has 0 aliphatic carbocycles. The standard InChI is InChI=1S/C20H17N4/c1-14-7-3-4-8-15(14)19-11-17(20-22-12-21-13-23-20)16-9-5-6-10-18(16)24(19)2/h3-13H,1-2H3/q+1. The van der Waals surface area contributed by atoms with Crippen LogP contribution in [0.25, 0.3) is 33.5 Å². The van der Waals surface area contributed by atoms with Crippen LogP contribution in [0.5, 0.6) is 0 Å². The molecule has 0 radical (unpaired) electrons. The molecule has 0 unspecified atom stereocenters. The summed E-state index contributed by atoms with van der Waals surface area (Å²) in [6, 6.07) is 18.9. The van der Waals surface area contributed by atoms with Gasteiger partial charge in [0.2, 0.25) is 11.2 Å². The largest absolute Gasteiger partial charge is 0.225 e. The van der Waals surface area contributed by atoms with Crippen molar-refractivity contribution in [2.75, 3.05) is 0 Å². The first kappa shape index (κ1) is 14.5. The van der Waals surface area contributed by atoms with E-state index in [0.717, 1.165) is 22.2 Å². The zero-order valence-corrected chi connectivity index (χ0v) is 13.6. The highest BCUT2D eigenvalue weighted by Crippen LogP contribution is 2.29. The van der Waals surface area contributed by atoms with Crippen molar-refractivity contribution in [3.05, 3.63) is 72.8 Å². The smallest absolute Gasteiger partial charge is 0.213 e. The van der Waals surface area contributed by atoms with E-state index in [0.29, 0.717) is 5.82 Å². The van der Waals surface area contributed by atoms with Gasteiger partial charge in [0, 0.05) is 23.3 Å². The van der Waals surface area contributed by atoms with Crippen molar-refractivity contribution in [1.29, 1.82) is 0 Å². The second-order valence-electron chi connectivity index (χ2n) is 5.80. The fourth-order valence-corrected chi connectivity index (χ4v) is 3.12. The van der Waals surface area contributed by atoms with Crippen LogP contribution in [-0.4, -0.2) is 15.0 Å². The van der Waals surface area contributed by atoms with Crippen molar-refractivity contribution in [2.45, 2.75) is 6.92 Å². The number of hydrogen-bond acceptors (Lipinski definition) is 3. The van der Waals surface area contributed by atoms with E-state index >= 15 is 0 Å². The SMILES string of the molecule is Cc1ccccc1-c1cc(-c2ncncn2)c2ccccc2[n+]1C. The number of hydrogen-bond donors (Lipinski definition) is 0. The topological polar surface area (TPSA) is 42.6 Å². The minimum atomic E-state index is 0.691. The minimum Gasteiger partial charge on any atom is -0.225 e. The number of nitrogens with zero attached hydrogens (tertiary/aromatic N) is 4. The summed E-state index contributed by atoms with van der Waals surface area (Å²) in [5.74, 6) is 0.691. The third kappa shape index (κ3) is 2.33. The summed E-state index contributed by atoms with van der Waals surface area (Å²) in [6.45, 7) is 2.13. The molecular formula is C20H17N4+. The molecule has 0 saturated carbocycles. The minimum absolute atomic E-state index is 0.691. The highest BCUT2D eigenvalue weighted by molar-refractivity contribution is 5.92. The van der Waals surface area contributed by atoms with E-state index in [9.17, 15) is 0 Å². The molecule has 2 aromatic carbocycles. The highest BCUT2D eigenvalue weighted by atomic mass is 15.0. The zero-order chi connectivity index (χ0) is 16.5. The number of benzene rings is 2. The Labute approximate surface area is 140 Å². The van der Waals surface area contributed by atoms with Gasteiger partial charge in [0.15, 0.2) is 5.82 Å². The van der Waals surface area contributed by atoms with Crippen molar-refractivity contribution < 1.29 is 4.57 Å². The maximum atomic E-state index is 4.35. The lowest BCUT2D eigenvalue weighted by Crippen LogP contribution is -2.32. The van der Waals surface area contributed by atoms with E-state index in [1.54, 1.807) is 0 Å². The van der Waals surface area contributed by atoms with Crippen LogP contribution in [-0.2, 0) is 7.05 Å². The molecule has 0 saturated heterocycles. The lowest BCUT2D eigenvalue weighted by atomic mass is 10.00.